The van der Waals surface area contributed by atoms with Crippen molar-refractivity contribution in [2.45, 2.75) is 26.4 Å². The standard InChI is InChI=1S/C14H19BrClNO2/c1-3-8-17(9-7-15)14(18)11(2)19-13-6-4-5-12(16)10-13/h4-6,10-11H,3,7-9H2,1-2H3. The number of hydrogen-bond acceptors (Lipinski definition) is 2. The molecule has 1 aromatic rings. The van der Waals surface area contributed by atoms with E-state index < -0.39 is 6.10 Å². The van der Waals surface area contributed by atoms with Crippen molar-refractivity contribution in [1.29, 1.82) is 0 Å². The Hall–Kier alpha value is -0.740. The number of rotatable bonds is 7. The molecule has 0 fully saturated rings. The van der Waals surface area contributed by atoms with Crippen molar-refractivity contribution >= 4 is 33.4 Å². The fraction of sp³-hybridized carbons (Fsp3) is 0.500. The first-order valence-electron chi connectivity index (χ1n) is 6.35. The van der Waals surface area contributed by atoms with E-state index in [1.54, 1.807) is 31.2 Å². The van der Waals surface area contributed by atoms with Crippen LogP contribution >= 0.6 is 27.5 Å². The highest BCUT2D eigenvalue weighted by atomic mass is 79.9. The molecule has 1 amide bonds. The number of nitrogens with zero attached hydrogens (tertiary/aromatic N) is 1. The molecule has 1 aromatic carbocycles. The van der Waals surface area contributed by atoms with E-state index >= 15 is 0 Å². The van der Waals surface area contributed by atoms with Gasteiger partial charge in [0.25, 0.3) is 5.91 Å². The van der Waals surface area contributed by atoms with Crippen LogP contribution in [0.2, 0.25) is 5.02 Å². The quantitative estimate of drug-likeness (QED) is 0.703. The molecule has 0 radical (unpaired) electrons. The smallest absolute Gasteiger partial charge is 0.263 e. The number of alkyl halides is 1. The van der Waals surface area contributed by atoms with Crippen LogP contribution in [0, 0.1) is 0 Å². The zero-order valence-electron chi connectivity index (χ0n) is 11.2. The molecule has 0 saturated heterocycles. The van der Waals surface area contributed by atoms with Crippen LogP contribution < -0.4 is 4.74 Å². The molecule has 1 rings (SSSR count). The SMILES string of the molecule is CCCN(CCBr)C(=O)C(C)Oc1cccc(Cl)c1. The molecule has 0 aliphatic carbocycles. The van der Waals surface area contributed by atoms with Crippen LogP contribution in [0.5, 0.6) is 5.75 Å². The molecule has 0 bridgehead atoms. The van der Waals surface area contributed by atoms with Gasteiger partial charge in [0.1, 0.15) is 5.75 Å². The van der Waals surface area contributed by atoms with Crippen molar-refractivity contribution < 1.29 is 9.53 Å². The largest absolute Gasteiger partial charge is 0.481 e. The number of halogens is 2. The summed E-state index contributed by atoms with van der Waals surface area (Å²) >= 11 is 9.25. The van der Waals surface area contributed by atoms with Gasteiger partial charge in [-0.15, -0.1) is 0 Å². The number of carbonyl (C=O) groups is 1. The third kappa shape index (κ3) is 5.41. The van der Waals surface area contributed by atoms with E-state index in [1.807, 2.05) is 4.90 Å². The molecule has 106 valence electrons. The normalized spacial score (nSPS) is 12.0. The summed E-state index contributed by atoms with van der Waals surface area (Å²) in [5, 5.41) is 1.37. The van der Waals surface area contributed by atoms with Gasteiger partial charge in [0, 0.05) is 23.4 Å². The molecule has 0 aliphatic rings. The molecular weight excluding hydrogens is 330 g/mol. The van der Waals surface area contributed by atoms with Gasteiger partial charge in [-0.3, -0.25) is 4.79 Å². The molecule has 0 heterocycles. The molecule has 0 aliphatic heterocycles. The fourth-order valence-corrected chi connectivity index (χ4v) is 2.36. The van der Waals surface area contributed by atoms with Crippen LogP contribution in [-0.4, -0.2) is 35.3 Å². The minimum absolute atomic E-state index is 0.00118. The lowest BCUT2D eigenvalue weighted by molar-refractivity contribution is -0.137. The summed E-state index contributed by atoms with van der Waals surface area (Å²) in [5.41, 5.74) is 0. The first-order chi connectivity index (χ1) is 9.08. The number of hydrogen-bond donors (Lipinski definition) is 0. The molecule has 5 heteroatoms. The average molecular weight is 349 g/mol. The highest BCUT2D eigenvalue weighted by Crippen LogP contribution is 2.18. The lowest BCUT2D eigenvalue weighted by Gasteiger charge is -2.25. The Kier molecular flexibility index (Phi) is 7.24. The van der Waals surface area contributed by atoms with Crippen molar-refractivity contribution in [2.75, 3.05) is 18.4 Å². The predicted octanol–water partition coefficient (Wildman–Crippen LogP) is 3.74. The molecule has 0 saturated carbocycles. The maximum Gasteiger partial charge on any atom is 0.263 e. The zero-order chi connectivity index (χ0) is 14.3. The third-order valence-electron chi connectivity index (χ3n) is 2.62. The number of ether oxygens (including phenoxy) is 1. The van der Waals surface area contributed by atoms with Gasteiger partial charge >= 0.3 is 0 Å². The van der Waals surface area contributed by atoms with E-state index in [2.05, 4.69) is 22.9 Å². The lowest BCUT2D eigenvalue weighted by atomic mass is 10.3. The van der Waals surface area contributed by atoms with Crippen molar-refractivity contribution in [3.05, 3.63) is 29.3 Å². The Bertz CT molecular complexity index is 408. The van der Waals surface area contributed by atoms with Gasteiger partial charge < -0.3 is 9.64 Å². The van der Waals surface area contributed by atoms with E-state index in [0.29, 0.717) is 17.3 Å². The second kappa shape index (κ2) is 8.43. The second-order valence-electron chi connectivity index (χ2n) is 4.23. The summed E-state index contributed by atoms with van der Waals surface area (Å²) in [6, 6.07) is 7.08. The number of amides is 1. The Morgan fingerprint density at radius 2 is 2.21 bits per heavy atom. The van der Waals surface area contributed by atoms with Crippen LogP contribution in [0.3, 0.4) is 0 Å². The molecule has 3 nitrogen and oxygen atoms in total. The van der Waals surface area contributed by atoms with E-state index in [0.717, 1.165) is 18.3 Å². The first kappa shape index (κ1) is 16.3. The van der Waals surface area contributed by atoms with Crippen molar-refractivity contribution in [3.63, 3.8) is 0 Å². The summed E-state index contributed by atoms with van der Waals surface area (Å²) in [6.07, 6.45) is 0.423. The second-order valence-corrected chi connectivity index (χ2v) is 5.46. The molecular formula is C14H19BrClNO2. The average Bonchev–Trinajstić information content (AvgIpc) is 2.37. The van der Waals surface area contributed by atoms with Gasteiger partial charge in [0.05, 0.1) is 0 Å². The Morgan fingerprint density at radius 3 is 2.79 bits per heavy atom. The van der Waals surface area contributed by atoms with Crippen LogP contribution in [0.1, 0.15) is 20.3 Å². The van der Waals surface area contributed by atoms with Crippen LogP contribution in [0.15, 0.2) is 24.3 Å². The van der Waals surface area contributed by atoms with E-state index in [4.69, 9.17) is 16.3 Å². The minimum atomic E-state index is -0.510. The Morgan fingerprint density at radius 1 is 1.47 bits per heavy atom. The van der Waals surface area contributed by atoms with E-state index in [1.165, 1.54) is 0 Å². The molecule has 0 aromatic heterocycles. The summed E-state index contributed by atoms with van der Waals surface area (Å²) in [4.78, 5) is 14.1. The molecule has 0 N–H and O–H groups in total. The van der Waals surface area contributed by atoms with Crippen LogP contribution in [0.25, 0.3) is 0 Å². The topological polar surface area (TPSA) is 29.5 Å². The molecule has 1 atom stereocenters. The van der Waals surface area contributed by atoms with Crippen molar-refractivity contribution in [2.24, 2.45) is 0 Å². The van der Waals surface area contributed by atoms with Gasteiger partial charge in [-0.25, -0.2) is 0 Å². The maximum absolute atomic E-state index is 12.3. The summed E-state index contributed by atoms with van der Waals surface area (Å²) in [7, 11) is 0. The number of benzene rings is 1. The van der Waals surface area contributed by atoms with Crippen molar-refractivity contribution in [1.82, 2.24) is 4.90 Å². The maximum atomic E-state index is 12.3. The zero-order valence-corrected chi connectivity index (χ0v) is 13.6. The van der Waals surface area contributed by atoms with Crippen LogP contribution in [0.4, 0.5) is 0 Å². The van der Waals surface area contributed by atoms with E-state index in [-0.39, 0.29) is 5.91 Å². The lowest BCUT2D eigenvalue weighted by Crippen LogP contribution is -2.41. The number of carbonyl (C=O) groups excluding carboxylic acids is 1. The van der Waals surface area contributed by atoms with E-state index in [9.17, 15) is 4.79 Å². The first-order valence-corrected chi connectivity index (χ1v) is 7.85. The molecule has 19 heavy (non-hydrogen) atoms. The predicted molar refractivity (Wildman–Crippen MR) is 82.2 cm³/mol. The Balaban J connectivity index is 2.65. The Labute approximate surface area is 128 Å². The highest BCUT2D eigenvalue weighted by molar-refractivity contribution is 9.09. The van der Waals surface area contributed by atoms with Gasteiger partial charge in [-0.2, -0.15) is 0 Å². The summed E-state index contributed by atoms with van der Waals surface area (Å²) in [5.74, 6) is 0.616. The molecule has 0 spiro atoms. The van der Waals surface area contributed by atoms with Gasteiger partial charge in [-0.05, 0) is 31.5 Å². The third-order valence-corrected chi connectivity index (χ3v) is 3.21. The van der Waals surface area contributed by atoms with Crippen LogP contribution in [-0.2, 0) is 4.79 Å². The van der Waals surface area contributed by atoms with Crippen molar-refractivity contribution in [3.8, 4) is 5.75 Å². The van der Waals surface area contributed by atoms with Gasteiger partial charge in [0.15, 0.2) is 6.10 Å². The highest BCUT2D eigenvalue weighted by Gasteiger charge is 2.21. The van der Waals surface area contributed by atoms with Gasteiger partial charge in [0.2, 0.25) is 0 Å². The fourth-order valence-electron chi connectivity index (χ4n) is 1.76. The minimum Gasteiger partial charge on any atom is -0.481 e. The summed E-state index contributed by atoms with van der Waals surface area (Å²) < 4.78 is 5.64. The summed E-state index contributed by atoms with van der Waals surface area (Å²) in [6.45, 7) is 5.25. The monoisotopic (exact) mass is 347 g/mol. The van der Waals surface area contributed by atoms with Gasteiger partial charge in [-0.1, -0.05) is 40.5 Å². The molecule has 1 unspecified atom stereocenters.